The lowest BCUT2D eigenvalue weighted by atomic mass is 9.94. The fourth-order valence-electron chi connectivity index (χ4n) is 10.7. The summed E-state index contributed by atoms with van der Waals surface area (Å²) in [5.41, 5.74) is 11.9. The lowest BCUT2D eigenvalue weighted by Gasteiger charge is -2.27. The van der Waals surface area contributed by atoms with Crippen LogP contribution in [0.25, 0.3) is 109 Å². The van der Waals surface area contributed by atoms with Crippen LogP contribution >= 0.6 is 0 Å². The fourth-order valence-corrected chi connectivity index (χ4v) is 10.7. The van der Waals surface area contributed by atoms with E-state index < -0.39 is 0 Å². The molecule has 0 aliphatic carbocycles. The zero-order chi connectivity index (χ0) is 41.9. The third-order valence-electron chi connectivity index (χ3n) is 13.5. The average molecular weight is 816 g/mol. The Labute approximate surface area is 367 Å². The molecule has 14 aromatic rings. The number of para-hydroxylation sites is 4. The van der Waals surface area contributed by atoms with Gasteiger partial charge in [0, 0.05) is 55.1 Å². The molecule has 0 aliphatic heterocycles. The maximum atomic E-state index is 6.39. The summed E-state index contributed by atoms with van der Waals surface area (Å²) in [7, 11) is 0. The molecule has 0 atom stereocenters. The Balaban J connectivity index is 1.06. The minimum absolute atomic E-state index is 0.874. The van der Waals surface area contributed by atoms with Crippen LogP contribution in [0, 0.1) is 0 Å². The summed E-state index contributed by atoms with van der Waals surface area (Å²) < 4.78 is 11.2. The molecule has 11 aromatic carbocycles. The molecule has 0 saturated carbocycles. The highest BCUT2D eigenvalue weighted by molar-refractivity contribution is 6.26. The van der Waals surface area contributed by atoms with Gasteiger partial charge >= 0.3 is 0 Å². The molecule has 0 unspecified atom stereocenters. The van der Waals surface area contributed by atoms with E-state index in [0.29, 0.717) is 0 Å². The van der Waals surface area contributed by atoms with Gasteiger partial charge in [-0.2, -0.15) is 0 Å². The number of benzene rings is 11. The molecule has 0 N–H and O–H groups in total. The summed E-state index contributed by atoms with van der Waals surface area (Å²) in [6, 6.07) is 81.7. The molecule has 4 nitrogen and oxygen atoms in total. The third-order valence-corrected chi connectivity index (χ3v) is 13.5. The van der Waals surface area contributed by atoms with E-state index in [-0.39, 0.29) is 0 Å². The summed E-state index contributed by atoms with van der Waals surface area (Å²) in [4.78, 5) is 2.46. The van der Waals surface area contributed by atoms with E-state index in [1.165, 1.54) is 64.9 Å². The van der Waals surface area contributed by atoms with Crippen molar-refractivity contribution in [2.75, 3.05) is 4.90 Å². The van der Waals surface area contributed by atoms with Gasteiger partial charge in [0.05, 0.1) is 27.8 Å². The predicted molar refractivity (Wildman–Crippen MR) is 270 cm³/mol. The van der Waals surface area contributed by atoms with Crippen molar-refractivity contribution in [3.05, 3.63) is 224 Å². The van der Waals surface area contributed by atoms with Crippen molar-refractivity contribution >= 4 is 115 Å². The van der Waals surface area contributed by atoms with Gasteiger partial charge in [-0.1, -0.05) is 140 Å². The maximum Gasteiger partial charge on any atom is 0.135 e. The molecule has 14 rings (SSSR count). The van der Waals surface area contributed by atoms with Crippen molar-refractivity contribution in [1.82, 2.24) is 9.13 Å². The Morgan fingerprint density at radius 3 is 1.53 bits per heavy atom. The molecule has 3 heterocycles. The molecular weight excluding hydrogens is 779 g/mol. The van der Waals surface area contributed by atoms with Crippen LogP contribution in [0.15, 0.2) is 229 Å². The second-order valence-electron chi connectivity index (χ2n) is 16.8. The maximum absolute atomic E-state index is 6.39. The Morgan fingerprint density at radius 2 is 0.781 bits per heavy atom. The Kier molecular flexibility index (Phi) is 7.36. The zero-order valence-corrected chi connectivity index (χ0v) is 34.6. The van der Waals surface area contributed by atoms with Crippen LogP contribution in [0.4, 0.5) is 17.1 Å². The minimum atomic E-state index is 0.874. The smallest absolute Gasteiger partial charge is 0.135 e. The highest BCUT2D eigenvalue weighted by Gasteiger charge is 2.24. The van der Waals surface area contributed by atoms with Crippen LogP contribution < -0.4 is 4.90 Å². The lowest BCUT2D eigenvalue weighted by Crippen LogP contribution is -2.10. The van der Waals surface area contributed by atoms with E-state index in [1.807, 2.05) is 6.07 Å². The number of hydrogen-bond donors (Lipinski definition) is 0. The third kappa shape index (κ3) is 4.99. The van der Waals surface area contributed by atoms with Crippen molar-refractivity contribution in [1.29, 1.82) is 0 Å². The largest absolute Gasteiger partial charge is 0.456 e. The number of fused-ring (bicyclic) bond motifs is 15. The van der Waals surface area contributed by atoms with E-state index >= 15 is 0 Å². The number of anilines is 3. The fraction of sp³-hybridized carbons (Fsp3) is 0. The van der Waals surface area contributed by atoms with Crippen molar-refractivity contribution in [2.24, 2.45) is 0 Å². The highest BCUT2D eigenvalue weighted by atomic mass is 16.3. The van der Waals surface area contributed by atoms with Crippen LogP contribution in [0.5, 0.6) is 0 Å². The standard InChI is InChI=1S/C60H37N3O/c1-2-15-38(16-3-1)62-53-24-11-8-21-47(53)48-33-30-41(37-57(48)62)63-54-25-12-9-23-50(54)60-55(26-14-27-56(60)63)61(40-31-34-59-52(36-40)49-22-10-13-28-58(49)64-59)39-29-32-46-44-19-5-4-17-42(44)43-18-6-7-20-45(43)51(46)35-39/h1-37H. The van der Waals surface area contributed by atoms with Gasteiger partial charge in [0.2, 0.25) is 0 Å². The van der Waals surface area contributed by atoms with Crippen LogP contribution in [0.3, 0.4) is 0 Å². The highest BCUT2D eigenvalue weighted by Crippen LogP contribution is 2.47. The van der Waals surface area contributed by atoms with Crippen LogP contribution in [-0.4, -0.2) is 9.13 Å². The van der Waals surface area contributed by atoms with E-state index in [2.05, 4.69) is 232 Å². The van der Waals surface area contributed by atoms with E-state index in [1.54, 1.807) is 0 Å². The van der Waals surface area contributed by atoms with Crippen molar-refractivity contribution in [2.45, 2.75) is 0 Å². The van der Waals surface area contributed by atoms with Crippen LogP contribution in [-0.2, 0) is 0 Å². The number of hydrogen-bond acceptors (Lipinski definition) is 2. The second-order valence-corrected chi connectivity index (χ2v) is 16.8. The van der Waals surface area contributed by atoms with Gasteiger partial charge < -0.3 is 18.5 Å². The topological polar surface area (TPSA) is 26.2 Å². The number of rotatable bonds is 5. The van der Waals surface area contributed by atoms with Gasteiger partial charge in [-0.15, -0.1) is 0 Å². The molecule has 0 saturated heterocycles. The lowest BCUT2D eigenvalue weighted by molar-refractivity contribution is 0.669. The van der Waals surface area contributed by atoms with Gasteiger partial charge in [0.25, 0.3) is 0 Å². The normalized spacial score (nSPS) is 12.1. The SMILES string of the molecule is c1ccc(-n2c3ccccc3c3ccc(-n4c5ccccc5c5c(N(c6ccc7oc8ccccc8c7c6)c6ccc7c8ccccc8c8ccccc8c7c6)cccc54)cc32)cc1. The Morgan fingerprint density at radius 1 is 0.281 bits per heavy atom. The van der Waals surface area contributed by atoms with E-state index in [9.17, 15) is 0 Å². The van der Waals surface area contributed by atoms with Crippen molar-refractivity contribution in [3.63, 3.8) is 0 Å². The average Bonchev–Trinajstić information content (AvgIpc) is 4.02. The molecular formula is C60H37N3O. The van der Waals surface area contributed by atoms with Crippen LogP contribution in [0.2, 0.25) is 0 Å². The van der Waals surface area contributed by atoms with Gasteiger partial charge in [0.1, 0.15) is 11.2 Å². The van der Waals surface area contributed by atoms with Crippen molar-refractivity contribution in [3.8, 4) is 11.4 Å². The molecule has 0 spiro atoms. The Bertz CT molecular complexity index is 4170. The molecule has 3 aromatic heterocycles. The number of nitrogens with zero attached hydrogens (tertiary/aromatic N) is 3. The molecule has 0 aliphatic rings. The zero-order valence-electron chi connectivity index (χ0n) is 34.6. The molecule has 0 bridgehead atoms. The second kappa shape index (κ2) is 13.4. The van der Waals surface area contributed by atoms with Crippen molar-refractivity contribution < 1.29 is 4.42 Å². The summed E-state index contributed by atoms with van der Waals surface area (Å²) in [6.07, 6.45) is 0. The van der Waals surface area contributed by atoms with Gasteiger partial charge in [0.15, 0.2) is 0 Å². The summed E-state index contributed by atoms with van der Waals surface area (Å²) >= 11 is 0. The summed E-state index contributed by atoms with van der Waals surface area (Å²) in [5.74, 6) is 0. The van der Waals surface area contributed by atoms with Gasteiger partial charge in [-0.3, -0.25) is 0 Å². The first-order chi connectivity index (χ1) is 31.8. The summed E-state index contributed by atoms with van der Waals surface area (Å²) in [5, 5.41) is 14.5. The monoisotopic (exact) mass is 815 g/mol. The number of furan rings is 1. The van der Waals surface area contributed by atoms with E-state index in [4.69, 9.17) is 4.42 Å². The van der Waals surface area contributed by atoms with Gasteiger partial charge in [-0.05, 0) is 117 Å². The molecule has 0 fully saturated rings. The first-order valence-corrected chi connectivity index (χ1v) is 21.9. The summed E-state index contributed by atoms with van der Waals surface area (Å²) in [6.45, 7) is 0. The van der Waals surface area contributed by atoms with Crippen LogP contribution in [0.1, 0.15) is 0 Å². The number of aromatic nitrogens is 2. The molecule has 0 radical (unpaired) electrons. The molecule has 64 heavy (non-hydrogen) atoms. The Hall–Kier alpha value is -8.60. The first kappa shape index (κ1) is 35.0. The van der Waals surface area contributed by atoms with Gasteiger partial charge in [-0.25, -0.2) is 0 Å². The molecule has 298 valence electrons. The molecule has 0 amide bonds. The predicted octanol–water partition coefficient (Wildman–Crippen LogP) is 16.7. The van der Waals surface area contributed by atoms with E-state index in [0.717, 1.165) is 61.4 Å². The first-order valence-electron chi connectivity index (χ1n) is 21.9. The molecule has 4 heteroatoms. The minimum Gasteiger partial charge on any atom is -0.456 e. The quantitative estimate of drug-likeness (QED) is 0.162.